The van der Waals surface area contributed by atoms with Gasteiger partial charge in [-0.2, -0.15) is 0 Å². The Bertz CT molecular complexity index is 384. The first-order chi connectivity index (χ1) is 7.83. The minimum Gasteiger partial charge on any atom is -0.253 e. The second kappa shape index (κ2) is 4.82. The van der Waals surface area contributed by atoms with Crippen molar-refractivity contribution in [3.8, 4) is 0 Å². The van der Waals surface area contributed by atoms with Gasteiger partial charge in [0.15, 0.2) is 0 Å². The lowest BCUT2D eigenvalue weighted by Crippen LogP contribution is -2.45. The van der Waals surface area contributed by atoms with E-state index in [4.69, 9.17) is 0 Å². The number of rotatable bonds is 4. The molecule has 0 spiro atoms. The summed E-state index contributed by atoms with van der Waals surface area (Å²) < 4.78 is 14.3. The van der Waals surface area contributed by atoms with E-state index in [0.717, 1.165) is 24.8 Å². The van der Waals surface area contributed by atoms with Crippen molar-refractivity contribution in [3.63, 3.8) is 0 Å². The van der Waals surface area contributed by atoms with Crippen molar-refractivity contribution in [3.05, 3.63) is 0 Å². The summed E-state index contributed by atoms with van der Waals surface area (Å²) >= 11 is 0. The van der Waals surface area contributed by atoms with Gasteiger partial charge in [-0.1, -0.05) is 20.8 Å². The Labute approximate surface area is 114 Å². The highest BCUT2D eigenvalue weighted by molar-refractivity contribution is 7.97. The van der Waals surface area contributed by atoms with Crippen molar-refractivity contribution in [2.24, 2.45) is 17.3 Å². The van der Waals surface area contributed by atoms with Gasteiger partial charge in [0.25, 0.3) is 0 Å². The van der Waals surface area contributed by atoms with Crippen LogP contribution < -0.4 is 0 Å². The average molecular weight is 273 g/mol. The minimum absolute atomic E-state index is 0.0697. The first-order valence-corrected chi connectivity index (χ1v) is 9.03. The highest BCUT2D eigenvalue weighted by atomic mass is 32.2. The van der Waals surface area contributed by atoms with Crippen molar-refractivity contribution in [2.75, 3.05) is 12.8 Å². The highest BCUT2D eigenvalue weighted by Gasteiger charge is 2.45. The molecule has 0 aliphatic heterocycles. The summed E-state index contributed by atoms with van der Waals surface area (Å²) in [4.78, 5) is 0. The molecule has 3 heteroatoms. The first-order valence-electron chi connectivity index (χ1n) is 6.93. The third kappa shape index (κ3) is 4.27. The summed E-state index contributed by atoms with van der Waals surface area (Å²) in [6.07, 6.45) is 4.25. The van der Waals surface area contributed by atoms with E-state index in [0.29, 0.717) is 5.41 Å². The molecular weight excluding hydrogens is 242 g/mol. The fourth-order valence-corrected chi connectivity index (χ4v) is 4.67. The van der Waals surface area contributed by atoms with Crippen molar-refractivity contribution in [2.45, 2.75) is 59.9 Å². The molecule has 0 heterocycles. The lowest BCUT2D eigenvalue weighted by Gasteiger charge is -2.36. The largest absolute Gasteiger partial charge is 0.253 e. The Morgan fingerprint density at radius 3 is 2.00 bits per heavy atom. The molecule has 1 fully saturated rings. The quantitative estimate of drug-likeness (QED) is 0.719. The van der Waals surface area contributed by atoms with Crippen molar-refractivity contribution in [1.29, 1.82) is 0 Å². The minimum atomic E-state index is -2.11. The maximum Gasteiger partial charge on any atom is 0.0250 e. The summed E-state index contributed by atoms with van der Waals surface area (Å²) in [7, 11) is -2.11. The Morgan fingerprint density at radius 1 is 1.22 bits per heavy atom. The zero-order chi connectivity index (χ0) is 14.4. The van der Waals surface area contributed by atoms with Gasteiger partial charge in [0.1, 0.15) is 0 Å². The predicted octanol–water partition coefficient (Wildman–Crippen LogP) is 3.42. The zero-order valence-electron chi connectivity index (χ0n) is 13.2. The van der Waals surface area contributed by atoms with E-state index in [1.807, 2.05) is 0 Å². The predicted molar refractivity (Wildman–Crippen MR) is 83.3 cm³/mol. The van der Waals surface area contributed by atoms with Crippen LogP contribution in [0, 0.1) is 17.3 Å². The van der Waals surface area contributed by atoms with Gasteiger partial charge in [0.05, 0.1) is 0 Å². The van der Waals surface area contributed by atoms with Crippen LogP contribution in [-0.4, -0.2) is 32.7 Å². The monoisotopic (exact) mass is 273 g/mol. The van der Waals surface area contributed by atoms with Crippen molar-refractivity contribution >= 4 is 15.6 Å². The van der Waals surface area contributed by atoms with Crippen LogP contribution in [0.4, 0.5) is 0 Å². The SMILES string of the molecule is C=S(C)(=O)N(CC[C@H]1C[C@H]1C(C)(C)C)C(C)(C)C. The molecule has 0 amide bonds. The maximum absolute atomic E-state index is 12.3. The molecule has 0 radical (unpaired) electrons. The van der Waals surface area contributed by atoms with E-state index in [2.05, 4.69) is 51.7 Å². The van der Waals surface area contributed by atoms with Gasteiger partial charge in [-0.3, -0.25) is 4.21 Å². The third-order valence-electron chi connectivity index (χ3n) is 3.95. The average Bonchev–Trinajstić information content (AvgIpc) is 2.76. The molecule has 1 unspecified atom stereocenters. The standard InChI is InChI=1S/C15H31NOS/c1-14(2,3)13-11-12(13)9-10-16(15(4,5)6)18(7,8)17/h12-13H,7,9-11H2,1-6,8H3/t12-,13+,18?/m0/s1. The van der Waals surface area contributed by atoms with Crippen LogP contribution in [0.1, 0.15) is 54.4 Å². The fourth-order valence-electron chi connectivity index (χ4n) is 3.02. The highest BCUT2D eigenvalue weighted by Crippen LogP contribution is 2.52. The normalized spacial score (nSPS) is 28.2. The molecule has 18 heavy (non-hydrogen) atoms. The van der Waals surface area contributed by atoms with Crippen LogP contribution in [0.25, 0.3) is 0 Å². The van der Waals surface area contributed by atoms with Crippen molar-refractivity contribution in [1.82, 2.24) is 4.31 Å². The molecule has 108 valence electrons. The smallest absolute Gasteiger partial charge is 0.0250 e. The summed E-state index contributed by atoms with van der Waals surface area (Å²) in [5.74, 6) is 5.52. The molecule has 0 aromatic rings. The lowest BCUT2D eigenvalue weighted by molar-refractivity contribution is 0.247. The van der Waals surface area contributed by atoms with Crippen LogP contribution in [0.2, 0.25) is 0 Å². The molecule has 0 saturated heterocycles. The molecule has 0 bridgehead atoms. The molecule has 3 atom stereocenters. The van der Waals surface area contributed by atoms with Crippen LogP contribution >= 0.6 is 0 Å². The third-order valence-corrected chi connectivity index (χ3v) is 5.62. The van der Waals surface area contributed by atoms with E-state index in [1.54, 1.807) is 6.26 Å². The Balaban J connectivity index is 2.57. The van der Waals surface area contributed by atoms with Crippen LogP contribution in [0.3, 0.4) is 0 Å². The lowest BCUT2D eigenvalue weighted by atomic mass is 9.88. The number of hydrogen-bond donors (Lipinski definition) is 0. The Morgan fingerprint density at radius 2 is 1.72 bits per heavy atom. The molecule has 1 saturated carbocycles. The molecule has 2 nitrogen and oxygen atoms in total. The molecular formula is C15H31NOS. The second-order valence-corrected chi connectivity index (χ2v) is 10.3. The Kier molecular flexibility index (Phi) is 4.30. The number of hydrogen-bond acceptors (Lipinski definition) is 1. The van der Waals surface area contributed by atoms with E-state index in [9.17, 15) is 4.21 Å². The van der Waals surface area contributed by atoms with Gasteiger partial charge in [-0.15, -0.1) is 0 Å². The van der Waals surface area contributed by atoms with E-state index >= 15 is 0 Å². The molecule has 0 N–H and O–H groups in total. The zero-order valence-corrected chi connectivity index (χ0v) is 14.1. The van der Waals surface area contributed by atoms with Crippen LogP contribution in [-0.2, 0) is 9.71 Å². The van der Waals surface area contributed by atoms with E-state index in [-0.39, 0.29) is 5.54 Å². The van der Waals surface area contributed by atoms with E-state index in [1.165, 1.54) is 6.42 Å². The summed E-state index contributed by atoms with van der Waals surface area (Å²) in [6, 6.07) is 0. The topological polar surface area (TPSA) is 20.3 Å². The molecule has 1 aliphatic carbocycles. The van der Waals surface area contributed by atoms with Gasteiger partial charge in [-0.05, 0) is 56.7 Å². The second-order valence-electron chi connectivity index (χ2n) is 7.99. The first kappa shape index (κ1) is 16.0. The summed E-state index contributed by atoms with van der Waals surface area (Å²) in [5.41, 5.74) is 0.356. The summed E-state index contributed by atoms with van der Waals surface area (Å²) in [5, 5.41) is 0. The van der Waals surface area contributed by atoms with Gasteiger partial charge in [-0.25, -0.2) is 4.31 Å². The number of nitrogens with zero attached hydrogens (tertiary/aromatic N) is 1. The van der Waals surface area contributed by atoms with Crippen molar-refractivity contribution < 1.29 is 4.21 Å². The van der Waals surface area contributed by atoms with Gasteiger partial charge in [0, 0.05) is 28.0 Å². The molecule has 0 aromatic heterocycles. The molecule has 1 aliphatic rings. The van der Waals surface area contributed by atoms with Gasteiger partial charge in [0.2, 0.25) is 0 Å². The molecule has 0 aromatic carbocycles. The van der Waals surface area contributed by atoms with Crippen LogP contribution in [0.15, 0.2) is 0 Å². The Hall–Kier alpha value is -0.0200. The maximum atomic E-state index is 12.3. The van der Waals surface area contributed by atoms with E-state index < -0.39 is 9.71 Å². The summed E-state index contributed by atoms with van der Waals surface area (Å²) in [6.45, 7) is 14.2. The fraction of sp³-hybridized carbons (Fsp3) is 0.933. The van der Waals surface area contributed by atoms with Crippen LogP contribution in [0.5, 0.6) is 0 Å². The van der Waals surface area contributed by atoms with Gasteiger partial charge >= 0.3 is 0 Å². The van der Waals surface area contributed by atoms with Gasteiger partial charge < -0.3 is 0 Å². The molecule has 1 rings (SSSR count).